The van der Waals surface area contributed by atoms with Gasteiger partial charge in [0, 0.05) is 17.6 Å². The lowest BCUT2D eigenvalue weighted by Crippen LogP contribution is -2.35. The minimum absolute atomic E-state index is 0. The molecule has 200 valence electrons. The second kappa shape index (κ2) is 15.0. The molecule has 0 aliphatic rings. The van der Waals surface area contributed by atoms with Gasteiger partial charge in [0.2, 0.25) is 6.54 Å². The first-order valence-electron chi connectivity index (χ1n) is 12.1. The molecule has 1 amide bonds. The summed E-state index contributed by atoms with van der Waals surface area (Å²) >= 11 is 0. The molecule has 2 aromatic heterocycles. The van der Waals surface area contributed by atoms with Crippen molar-refractivity contribution in [3.63, 3.8) is 0 Å². The van der Waals surface area contributed by atoms with Crippen LogP contribution in [0.25, 0.3) is 16.0 Å². The van der Waals surface area contributed by atoms with Crippen LogP contribution in [0.4, 0.5) is 5.82 Å². The number of hydrogen-bond acceptors (Lipinski definition) is 7. The standard InChI is InChI=1S/C25H34N7O3P.H2S/c1-7-21(35-36(34-14-13-26-6)32(18(2)3)19(4)5)15-31-17-29-22-23(27-16-28-24(22)31)30-25(33)20-11-9-8-10-12-20;/h8-12,16-19,21H,7,13-15H2,1-5H3,(H,27,28,30,33);1H2/t21-,36?;/m1./s1. The molecule has 0 bridgehead atoms. The summed E-state index contributed by atoms with van der Waals surface area (Å²) in [6, 6.07) is 9.40. The van der Waals surface area contributed by atoms with Gasteiger partial charge in [0.25, 0.3) is 14.4 Å². The summed E-state index contributed by atoms with van der Waals surface area (Å²) in [5.74, 6) is 0.0988. The van der Waals surface area contributed by atoms with Crippen molar-refractivity contribution < 1.29 is 13.8 Å². The molecule has 0 fully saturated rings. The highest BCUT2D eigenvalue weighted by molar-refractivity contribution is 7.59. The molecule has 2 heterocycles. The van der Waals surface area contributed by atoms with Crippen molar-refractivity contribution in [1.29, 1.82) is 0 Å². The quantitative estimate of drug-likeness (QED) is 0.178. The number of nitrogens with one attached hydrogen (secondary N) is 1. The number of rotatable bonds is 13. The van der Waals surface area contributed by atoms with Crippen molar-refractivity contribution in [2.24, 2.45) is 0 Å². The van der Waals surface area contributed by atoms with Crippen LogP contribution in [0.3, 0.4) is 0 Å². The maximum atomic E-state index is 12.6. The van der Waals surface area contributed by atoms with E-state index in [4.69, 9.17) is 15.6 Å². The van der Waals surface area contributed by atoms with Gasteiger partial charge in [0.1, 0.15) is 12.9 Å². The Morgan fingerprint density at radius 2 is 1.86 bits per heavy atom. The van der Waals surface area contributed by atoms with Crippen LogP contribution in [0.1, 0.15) is 51.4 Å². The number of carbonyl (C=O) groups excluding carboxylic acids is 1. The highest BCUT2D eigenvalue weighted by atomic mass is 32.1. The molecular formula is C25H36N7O3PS. The third-order valence-corrected chi connectivity index (χ3v) is 7.60. The van der Waals surface area contributed by atoms with E-state index in [0.29, 0.717) is 42.2 Å². The van der Waals surface area contributed by atoms with Crippen LogP contribution in [0.2, 0.25) is 0 Å². The molecule has 3 rings (SSSR count). The Balaban J connectivity index is 0.00000481. The summed E-state index contributed by atoms with van der Waals surface area (Å²) in [6.07, 6.45) is 3.69. The van der Waals surface area contributed by atoms with Gasteiger partial charge in [-0.1, -0.05) is 25.1 Å². The molecule has 37 heavy (non-hydrogen) atoms. The molecular weight excluding hydrogens is 509 g/mol. The van der Waals surface area contributed by atoms with E-state index in [9.17, 15) is 4.79 Å². The van der Waals surface area contributed by atoms with Crippen LogP contribution in [-0.4, -0.2) is 61.4 Å². The Kier molecular flexibility index (Phi) is 12.4. The van der Waals surface area contributed by atoms with E-state index in [1.54, 1.807) is 18.5 Å². The van der Waals surface area contributed by atoms with E-state index in [1.807, 2.05) is 22.8 Å². The predicted octanol–water partition coefficient (Wildman–Crippen LogP) is 5.27. The fourth-order valence-corrected chi connectivity index (χ4v) is 5.51. The smallest absolute Gasteiger partial charge is 0.259 e. The fraction of sp³-hybridized carbons (Fsp3) is 0.480. The van der Waals surface area contributed by atoms with E-state index in [2.05, 4.69) is 64.4 Å². The Morgan fingerprint density at radius 1 is 1.16 bits per heavy atom. The first kappa shape index (κ1) is 30.6. The third-order valence-electron chi connectivity index (χ3n) is 5.42. The SMILES string of the molecule is S.[C-]#[N+]CCOP(O[C@H](CC)Cn1cnc2c(NC(=O)c3ccccc3)ncnc21)N(C(C)C)C(C)C. The maximum Gasteiger partial charge on any atom is 0.259 e. The second-order valence-corrected chi connectivity index (χ2v) is 10.2. The van der Waals surface area contributed by atoms with Gasteiger partial charge < -0.3 is 23.8 Å². The predicted molar refractivity (Wildman–Crippen MR) is 152 cm³/mol. The summed E-state index contributed by atoms with van der Waals surface area (Å²) in [7, 11) is -1.36. The van der Waals surface area contributed by atoms with Crippen LogP contribution in [0, 0.1) is 6.57 Å². The van der Waals surface area contributed by atoms with Gasteiger partial charge >= 0.3 is 0 Å². The highest BCUT2D eigenvalue weighted by Gasteiger charge is 2.30. The lowest BCUT2D eigenvalue weighted by atomic mass is 10.2. The minimum Gasteiger partial charge on any atom is -0.317 e. The zero-order valence-electron chi connectivity index (χ0n) is 22.0. The molecule has 12 heteroatoms. The summed E-state index contributed by atoms with van der Waals surface area (Å²) in [5, 5.41) is 2.84. The molecule has 0 radical (unpaired) electrons. The number of imidazole rings is 1. The van der Waals surface area contributed by atoms with E-state index >= 15 is 0 Å². The molecule has 1 N–H and O–H groups in total. The Morgan fingerprint density at radius 3 is 2.49 bits per heavy atom. The number of nitrogens with zero attached hydrogens (tertiary/aromatic N) is 6. The lowest BCUT2D eigenvalue weighted by molar-refractivity contribution is 0.102. The zero-order valence-corrected chi connectivity index (χ0v) is 23.9. The molecule has 0 spiro atoms. The van der Waals surface area contributed by atoms with E-state index in [-0.39, 0.29) is 37.6 Å². The van der Waals surface area contributed by atoms with Gasteiger partial charge in [-0.3, -0.25) is 4.79 Å². The first-order chi connectivity index (χ1) is 17.3. The van der Waals surface area contributed by atoms with Gasteiger partial charge in [0.15, 0.2) is 17.0 Å². The van der Waals surface area contributed by atoms with Crippen molar-refractivity contribution in [2.45, 2.75) is 65.8 Å². The van der Waals surface area contributed by atoms with Gasteiger partial charge in [-0.25, -0.2) is 26.2 Å². The zero-order chi connectivity index (χ0) is 26.1. The average molecular weight is 546 g/mol. The van der Waals surface area contributed by atoms with Crippen molar-refractivity contribution in [2.75, 3.05) is 18.5 Å². The number of carbonyl (C=O) groups is 1. The van der Waals surface area contributed by atoms with E-state index < -0.39 is 8.53 Å². The van der Waals surface area contributed by atoms with Crippen LogP contribution in [-0.2, 0) is 15.6 Å². The van der Waals surface area contributed by atoms with Gasteiger partial charge in [-0.05, 0) is 46.2 Å². The number of hydrogen-bond donors (Lipinski definition) is 1. The Bertz CT molecular complexity index is 1160. The summed E-state index contributed by atoms with van der Waals surface area (Å²) in [5.41, 5.74) is 1.66. The molecule has 3 aromatic rings. The fourth-order valence-electron chi connectivity index (χ4n) is 3.75. The van der Waals surface area contributed by atoms with Crippen LogP contribution in [0.15, 0.2) is 43.0 Å². The van der Waals surface area contributed by atoms with Crippen LogP contribution in [0.5, 0.6) is 0 Å². The van der Waals surface area contributed by atoms with Crippen molar-refractivity contribution >= 4 is 44.9 Å². The van der Waals surface area contributed by atoms with Crippen molar-refractivity contribution in [3.8, 4) is 0 Å². The molecule has 0 aliphatic heterocycles. The van der Waals surface area contributed by atoms with Gasteiger partial charge in [-0.15, -0.1) is 0 Å². The third kappa shape index (κ3) is 8.19. The summed E-state index contributed by atoms with van der Waals surface area (Å²) < 4.78 is 16.7. The summed E-state index contributed by atoms with van der Waals surface area (Å²) in [4.78, 5) is 29.2. The molecule has 0 saturated carbocycles. The minimum atomic E-state index is -1.36. The molecule has 10 nitrogen and oxygen atoms in total. The van der Waals surface area contributed by atoms with Gasteiger partial charge in [-0.2, -0.15) is 13.5 Å². The Labute approximate surface area is 227 Å². The maximum absolute atomic E-state index is 12.6. The number of fused-ring (bicyclic) bond motifs is 1. The largest absolute Gasteiger partial charge is 0.317 e. The monoisotopic (exact) mass is 545 g/mol. The van der Waals surface area contributed by atoms with Crippen LogP contribution < -0.4 is 5.32 Å². The molecule has 0 saturated heterocycles. The number of anilines is 1. The van der Waals surface area contributed by atoms with E-state index in [1.165, 1.54) is 6.33 Å². The number of amides is 1. The lowest BCUT2D eigenvalue weighted by Gasteiger charge is -2.37. The average Bonchev–Trinajstić information content (AvgIpc) is 3.27. The van der Waals surface area contributed by atoms with Gasteiger partial charge in [0.05, 0.1) is 19.0 Å². The Hall–Kier alpha value is -2.61. The van der Waals surface area contributed by atoms with Crippen molar-refractivity contribution in [1.82, 2.24) is 24.2 Å². The highest BCUT2D eigenvalue weighted by Crippen LogP contribution is 2.47. The number of benzene rings is 1. The first-order valence-corrected chi connectivity index (χ1v) is 13.2. The number of aromatic nitrogens is 4. The topological polar surface area (TPSA) is 98.8 Å². The van der Waals surface area contributed by atoms with Crippen molar-refractivity contribution in [3.05, 3.63) is 60.0 Å². The normalized spacial score (nSPS) is 12.9. The van der Waals surface area contributed by atoms with E-state index in [0.717, 1.165) is 6.42 Å². The molecule has 2 atom stereocenters. The molecule has 1 unspecified atom stereocenters. The second-order valence-electron chi connectivity index (χ2n) is 8.77. The molecule has 0 aliphatic carbocycles. The molecule has 1 aromatic carbocycles. The summed E-state index contributed by atoms with van der Waals surface area (Å²) in [6.45, 7) is 18.7. The van der Waals surface area contributed by atoms with Crippen LogP contribution >= 0.6 is 22.0 Å².